The van der Waals surface area contributed by atoms with E-state index in [0.29, 0.717) is 49.0 Å². The summed E-state index contributed by atoms with van der Waals surface area (Å²) < 4.78 is 5.39. The van der Waals surface area contributed by atoms with Crippen molar-refractivity contribution >= 4 is 28.9 Å². The molecule has 40 heavy (non-hydrogen) atoms. The number of aryl methyl sites for hydroxylation is 1. The number of hydrogen-bond donors (Lipinski definition) is 2. The van der Waals surface area contributed by atoms with Crippen LogP contribution >= 0.6 is 0 Å². The van der Waals surface area contributed by atoms with Crippen LogP contribution in [0.3, 0.4) is 0 Å². The van der Waals surface area contributed by atoms with Gasteiger partial charge in [-0.25, -0.2) is 4.98 Å². The summed E-state index contributed by atoms with van der Waals surface area (Å²) in [7, 11) is 1.87. The van der Waals surface area contributed by atoms with Gasteiger partial charge in [0.2, 0.25) is 0 Å². The Hall–Kier alpha value is -4.43. The average Bonchev–Trinajstić information content (AvgIpc) is 2.97. The molecule has 2 aliphatic heterocycles. The molecule has 2 aromatic carbocycles. The third-order valence-electron chi connectivity index (χ3n) is 7.48. The molecule has 0 spiro atoms. The lowest BCUT2D eigenvalue weighted by Gasteiger charge is -2.39. The van der Waals surface area contributed by atoms with Crippen LogP contribution in [0.4, 0.5) is 11.5 Å². The molecule has 3 heterocycles. The third-order valence-corrected chi connectivity index (χ3v) is 7.48. The summed E-state index contributed by atoms with van der Waals surface area (Å²) in [6.45, 7) is 10.0. The Kier molecular flexibility index (Phi) is 8.26. The van der Waals surface area contributed by atoms with Crippen molar-refractivity contribution in [2.45, 2.75) is 12.8 Å². The Labute approximate surface area is 235 Å². The first-order valence-corrected chi connectivity index (χ1v) is 13.6. The van der Waals surface area contributed by atoms with Crippen molar-refractivity contribution in [3.8, 4) is 0 Å². The molecule has 2 aliphatic rings. The second-order valence-corrected chi connectivity index (χ2v) is 10.1. The van der Waals surface area contributed by atoms with Gasteiger partial charge in [-0.1, -0.05) is 43.0 Å². The highest BCUT2D eigenvalue weighted by Crippen LogP contribution is 2.30. The van der Waals surface area contributed by atoms with Crippen LogP contribution in [0.5, 0.6) is 0 Å². The molecule has 0 unspecified atom stereocenters. The number of pyridine rings is 1. The minimum absolute atomic E-state index is 0.0363. The first kappa shape index (κ1) is 27.1. The zero-order valence-corrected chi connectivity index (χ0v) is 23.0. The molecule has 206 valence electrons. The second kappa shape index (κ2) is 12.2. The number of nitrogens with one attached hydrogen (secondary N) is 2. The fourth-order valence-corrected chi connectivity index (χ4v) is 4.99. The molecule has 0 atom stereocenters. The molecule has 2 N–H and O–H groups in total. The minimum Gasteiger partial charge on any atom is -0.393 e. The Morgan fingerprint density at radius 2 is 1.70 bits per heavy atom. The molecule has 0 bridgehead atoms. The summed E-state index contributed by atoms with van der Waals surface area (Å²) >= 11 is 0. The normalized spacial score (nSPS) is 15.8. The summed E-state index contributed by atoms with van der Waals surface area (Å²) in [4.78, 5) is 34.7. The van der Waals surface area contributed by atoms with Crippen LogP contribution in [-0.2, 0) is 4.74 Å². The monoisotopic (exact) mass is 537 g/mol. The largest absolute Gasteiger partial charge is 0.393 e. The molecular weight excluding hydrogens is 502 g/mol. The van der Waals surface area contributed by atoms with Crippen molar-refractivity contribution in [3.63, 3.8) is 0 Å². The number of hydrogen-bond acceptors (Lipinski definition) is 6. The summed E-state index contributed by atoms with van der Waals surface area (Å²) in [6.07, 6.45) is 5.34. The highest BCUT2D eigenvalue weighted by molar-refractivity contribution is 6.05. The zero-order valence-electron chi connectivity index (χ0n) is 23.0. The Morgan fingerprint density at radius 1 is 1.00 bits per heavy atom. The average molecular weight is 538 g/mol. The number of allylic oxidation sites excluding steroid dienone is 2. The number of carbonyl (C=O) groups is 2. The summed E-state index contributed by atoms with van der Waals surface area (Å²) in [5.74, 6) is 0.840. The first-order valence-electron chi connectivity index (χ1n) is 13.6. The molecule has 2 saturated heterocycles. The predicted octanol–water partition coefficient (Wildman–Crippen LogP) is 4.46. The summed E-state index contributed by atoms with van der Waals surface area (Å²) in [5, 5.41) is 6.00. The number of carbonyl (C=O) groups excluding carboxylic acids is 2. The molecular formula is C32H35N5O3. The van der Waals surface area contributed by atoms with Crippen molar-refractivity contribution in [1.82, 2.24) is 15.2 Å². The summed E-state index contributed by atoms with van der Waals surface area (Å²) in [6, 6.07) is 17.5. The molecule has 8 nitrogen and oxygen atoms in total. The molecule has 0 radical (unpaired) electrons. The van der Waals surface area contributed by atoms with Crippen LogP contribution in [0.1, 0.15) is 43.3 Å². The van der Waals surface area contributed by atoms with Crippen molar-refractivity contribution in [2.75, 3.05) is 56.7 Å². The molecule has 0 aliphatic carbocycles. The van der Waals surface area contributed by atoms with Gasteiger partial charge in [0.25, 0.3) is 11.8 Å². The van der Waals surface area contributed by atoms with Gasteiger partial charge in [-0.3, -0.25) is 9.59 Å². The maximum absolute atomic E-state index is 13.2. The second-order valence-electron chi connectivity index (χ2n) is 10.1. The van der Waals surface area contributed by atoms with Crippen LogP contribution in [0.15, 0.2) is 79.6 Å². The van der Waals surface area contributed by atoms with E-state index in [1.807, 2.05) is 49.3 Å². The lowest BCUT2D eigenvalue weighted by molar-refractivity contribution is 0.0602. The fourth-order valence-electron chi connectivity index (χ4n) is 4.99. The van der Waals surface area contributed by atoms with E-state index in [2.05, 4.69) is 51.4 Å². The minimum atomic E-state index is -0.259. The van der Waals surface area contributed by atoms with Crippen molar-refractivity contribution < 1.29 is 14.3 Å². The number of morpholine rings is 1. The molecule has 2 fully saturated rings. The molecule has 1 aromatic heterocycles. The van der Waals surface area contributed by atoms with E-state index in [4.69, 9.17) is 4.74 Å². The molecule has 5 rings (SSSR count). The Balaban J connectivity index is 1.20. The summed E-state index contributed by atoms with van der Waals surface area (Å²) in [5.41, 5.74) is 5.87. The van der Waals surface area contributed by atoms with E-state index in [9.17, 15) is 9.59 Å². The number of rotatable bonds is 8. The quantitative estimate of drug-likeness (QED) is 0.413. The van der Waals surface area contributed by atoms with Crippen molar-refractivity contribution in [2.24, 2.45) is 0 Å². The SMILES string of the molecule is C=C/C(=C\NC)c1ccc(C2CN(C(=O)c3ccc(C)c(NC(=O)c4ccc(N5CCOCC5)nc4)c3)C2)cc1. The fraction of sp³-hybridized carbons (Fsp3) is 0.281. The Morgan fingerprint density at radius 3 is 2.35 bits per heavy atom. The van der Waals surface area contributed by atoms with Gasteiger partial charge >= 0.3 is 0 Å². The lowest BCUT2D eigenvalue weighted by atomic mass is 9.89. The number of anilines is 2. The standard InChI is InChI=1S/C32H35N5O3/c1-4-23(18-33-3)24-7-9-25(10-8-24)28-20-37(21-28)32(39)26-6-5-22(2)29(17-26)35-31(38)27-11-12-30(34-19-27)36-13-15-40-16-14-36/h4-12,17-19,28,33H,1,13-16,20-21H2,2-3H3,(H,35,38)/b23-18+. The number of ether oxygens (including phenoxy) is 1. The highest BCUT2D eigenvalue weighted by Gasteiger charge is 2.32. The number of likely N-dealkylation sites (tertiary alicyclic amines) is 1. The van der Waals surface area contributed by atoms with Gasteiger partial charge in [0, 0.05) is 62.8 Å². The first-order chi connectivity index (χ1) is 19.5. The van der Waals surface area contributed by atoms with Gasteiger partial charge in [0.05, 0.1) is 18.8 Å². The van der Waals surface area contributed by atoms with E-state index >= 15 is 0 Å². The van der Waals surface area contributed by atoms with Crippen LogP contribution in [0.25, 0.3) is 5.57 Å². The van der Waals surface area contributed by atoms with Gasteiger partial charge in [-0.15, -0.1) is 0 Å². The molecule has 2 amide bonds. The highest BCUT2D eigenvalue weighted by atomic mass is 16.5. The van der Waals surface area contributed by atoms with Gasteiger partial charge < -0.3 is 25.2 Å². The molecule has 8 heteroatoms. The number of aromatic nitrogens is 1. The third kappa shape index (κ3) is 5.92. The van der Waals surface area contributed by atoms with Crippen molar-refractivity contribution in [3.05, 3.63) is 107 Å². The van der Waals surface area contributed by atoms with Gasteiger partial charge in [0.1, 0.15) is 5.82 Å². The maximum atomic E-state index is 13.2. The number of amides is 2. The van der Waals surface area contributed by atoms with Crippen LogP contribution in [-0.4, -0.2) is 68.1 Å². The number of benzene rings is 2. The van der Waals surface area contributed by atoms with Crippen molar-refractivity contribution in [1.29, 1.82) is 0 Å². The smallest absolute Gasteiger partial charge is 0.257 e. The van der Waals surface area contributed by atoms with Crippen LogP contribution in [0, 0.1) is 6.92 Å². The van der Waals surface area contributed by atoms with E-state index in [0.717, 1.165) is 35.6 Å². The Bertz CT molecular complexity index is 1400. The van der Waals surface area contributed by atoms with Crippen LogP contribution < -0.4 is 15.5 Å². The van der Waals surface area contributed by atoms with E-state index in [1.165, 1.54) is 5.56 Å². The van der Waals surface area contributed by atoms with E-state index in [-0.39, 0.29) is 11.8 Å². The van der Waals surface area contributed by atoms with E-state index < -0.39 is 0 Å². The maximum Gasteiger partial charge on any atom is 0.257 e. The van der Waals surface area contributed by atoms with Crippen LogP contribution in [0.2, 0.25) is 0 Å². The van der Waals surface area contributed by atoms with Gasteiger partial charge in [-0.2, -0.15) is 0 Å². The zero-order chi connectivity index (χ0) is 28.1. The van der Waals surface area contributed by atoms with Gasteiger partial charge in [0.15, 0.2) is 0 Å². The topological polar surface area (TPSA) is 86.8 Å². The lowest BCUT2D eigenvalue weighted by Crippen LogP contribution is -2.48. The van der Waals surface area contributed by atoms with E-state index in [1.54, 1.807) is 18.3 Å². The predicted molar refractivity (Wildman–Crippen MR) is 159 cm³/mol. The number of nitrogens with zero attached hydrogens (tertiary/aromatic N) is 3. The molecule has 3 aromatic rings. The van der Waals surface area contributed by atoms with Gasteiger partial charge in [-0.05, 0) is 53.5 Å². The molecule has 0 saturated carbocycles.